The van der Waals surface area contributed by atoms with Crippen LogP contribution < -0.4 is 15.0 Å². The number of ether oxygens (including phenoxy) is 1. The van der Waals surface area contributed by atoms with Gasteiger partial charge < -0.3 is 15.0 Å². The molecule has 3 aromatic rings. The Kier molecular flexibility index (Phi) is 7.71. The first-order chi connectivity index (χ1) is 17.9. The van der Waals surface area contributed by atoms with Gasteiger partial charge in [-0.25, -0.2) is 0 Å². The summed E-state index contributed by atoms with van der Waals surface area (Å²) in [5.41, 5.74) is 0.726. The Morgan fingerprint density at radius 2 is 1.92 bits per heavy atom. The van der Waals surface area contributed by atoms with Gasteiger partial charge in [0.05, 0.1) is 17.5 Å². The molecule has 1 N–H and O–H groups in total. The summed E-state index contributed by atoms with van der Waals surface area (Å²) in [6.45, 7) is 3.80. The Hall–Kier alpha value is -3.04. The van der Waals surface area contributed by atoms with Crippen molar-refractivity contribution in [3.63, 3.8) is 0 Å². The van der Waals surface area contributed by atoms with Crippen molar-refractivity contribution in [1.29, 1.82) is 0 Å². The summed E-state index contributed by atoms with van der Waals surface area (Å²) in [6.07, 6.45) is -3.39. The summed E-state index contributed by atoms with van der Waals surface area (Å²) in [5.74, 6) is 0.283. The van der Waals surface area contributed by atoms with Gasteiger partial charge in [-0.1, -0.05) is 24.3 Å². The van der Waals surface area contributed by atoms with Crippen LogP contribution in [0.3, 0.4) is 0 Å². The highest BCUT2D eigenvalue weighted by molar-refractivity contribution is 7.09. The summed E-state index contributed by atoms with van der Waals surface area (Å²) < 4.78 is 46.2. The van der Waals surface area contributed by atoms with Crippen molar-refractivity contribution >= 4 is 22.9 Å². The van der Waals surface area contributed by atoms with Gasteiger partial charge >= 0.3 is 6.18 Å². The molecule has 0 aliphatic carbocycles. The maximum atomic E-state index is 13.4. The van der Waals surface area contributed by atoms with Gasteiger partial charge in [0, 0.05) is 43.3 Å². The van der Waals surface area contributed by atoms with Gasteiger partial charge in [0.15, 0.2) is 0 Å². The minimum Gasteiger partial charge on any atom is -0.492 e. The van der Waals surface area contributed by atoms with E-state index in [1.54, 1.807) is 17.4 Å². The van der Waals surface area contributed by atoms with Gasteiger partial charge in [-0.3, -0.25) is 9.69 Å². The second kappa shape index (κ2) is 11.1. The largest absolute Gasteiger partial charge is 0.492 e. The van der Waals surface area contributed by atoms with Crippen LogP contribution in [0.25, 0.3) is 0 Å². The molecular weight excluding hydrogens is 499 g/mol. The van der Waals surface area contributed by atoms with Crippen molar-refractivity contribution < 1.29 is 22.7 Å². The smallest absolute Gasteiger partial charge is 0.416 e. The minimum atomic E-state index is -4.41. The summed E-state index contributed by atoms with van der Waals surface area (Å²) in [7, 11) is 0. The number of carbonyl (C=O) groups is 1. The van der Waals surface area contributed by atoms with Crippen molar-refractivity contribution in [3.05, 3.63) is 82.0 Å². The lowest BCUT2D eigenvalue weighted by atomic mass is 9.82. The first kappa shape index (κ1) is 25.6. The van der Waals surface area contributed by atoms with Crippen LogP contribution in [0.5, 0.6) is 5.75 Å². The standard InChI is InChI=1S/C28H30F3N3O2S/c29-28(30,31)21-8-9-25-20(17-21)18-24(27(35)32-11-10-23-7-4-16-37-23)26-19-33(12-13-34(25)26)14-15-36-22-5-2-1-3-6-22/h1-9,16-17,24,26H,10-15,18-19H2,(H,32,35)/t24-,26+/m1/s1. The molecule has 2 atom stereocenters. The number of benzene rings is 2. The Labute approximate surface area is 218 Å². The number of halogens is 3. The lowest BCUT2D eigenvalue weighted by molar-refractivity contribution is -0.137. The summed E-state index contributed by atoms with van der Waals surface area (Å²) >= 11 is 1.64. The summed E-state index contributed by atoms with van der Waals surface area (Å²) in [4.78, 5) is 19.0. The van der Waals surface area contributed by atoms with Crippen molar-refractivity contribution in [2.75, 3.05) is 44.2 Å². The van der Waals surface area contributed by atoms with Crippen LogP contribution in [-0.4, -0.2) is 56.2 Å². The molecular formula is C28H30F3N3O2S. The van der Waals surface area contributed by atoms with Crippen molar-refractivity contribution in [3.8, 4) is 5.75 Å². The normalized spacial score (nSPS) is 19.7. The van der Waals surface area contributed by atoms with E-state index in [4.69, 9.17) is 4.74 Å². The zero-order chi connectivity index (χ0) is 25.8. The molecule has 3 heterocycles. The Morgan fingerprint density at radius 1 is 1.08 bits per heavy atom. The first-order valence-corrected chi connectivity index (χ1v) is 13.4. The predicted octanol–water partition coefficient (Wildman–Crippen LogP) is 4.87. The molecule has 0 unspecified atom stereocenters. The number of fused-ring (bicyclic) bond motifs is 3. The van der Waals surface area contributed by atoms with E-state index in [9.17, 15) is 18.0 Å². The van der Waals surface area contributed by atoms with Crippen LogP contribution in [0.4, 0.5) is 18.9 Å². The average Bonchev–Trinajstić information content (AvgIpc) is 3.41. The van der Waals surface area contributed by atoms with Crippen LogP contribution in [0.1, 0.15) is 16.0 Å². The van der Waals surface area contributed by atoms with E-state index in [1.165, 1.54) is 10.9 Å². The number of piperazine rings is 1. The second-order valence-corrected chi connectivity index (χ2v) is 10.5. The molecule has 0 bridgehead atoms. The zero-order valence-corrected chi connectivity index (χ0v) is 21.2. The molecule has 2 aromatic carbocycles. The Morgan fingerprint density at radius 3 is 2.68 bits per heavy atom. The maximum absolute atomic E-state index is 13.4. The van der Waals surface area contributed by atoms with Crippen molar-refractivity contribution in [2.45, 2.75) is 25.1 Å². The van der Waals surface area contributed by atoms with Crippen molar-refractivity contribution in [2.24, 2.45) is 5.92 Å². The van der Waals surface area contributed by atoms with Gasteiger partial charge in [-0.2, -0.15) is 13.2 Å². The molecule has 0 radical (unpaired) electrons. The molecule has 2 aliphatic rings. The summed E-state index contributed by atoms with van der Waals surface area (Å²) in [6, 6.07) is 17.5. The number of amides is 1. The number of anilines is 1. The Balaban J connectivity index is 1.30. The van der Waals surface area contributed by atoms with Gasteiger partial charge in [-0.15, -0.1) is 11.3 Å². The van der Waals surface area contributed by atoms with Crippen LogP contribution in [0, 0.1) is 5.92 Å². The highest BCUT2D eigenvalue weighted by Crippen LogP contribution is 2.39. The first-order valence-electron chi connectivity index (χ1n) is 12.6. The van der Waals surface area contributed by atoms with Gasteiger partial charge in [-0.05, 0) is 60.2 Å². The third-order valence-electron chi connectivity index (χ3n) is 7.13. The monoisotopic (exact) mass is 529 g/mol. The molecule has 1 saturated heterocycles. The number of thiophene rings is 1. The molecule has 2 aliphatic heterocycles. The molecule has 5 rings (SSSR count). The highest BCUT2D eigenvalue weighted by atomic mass is 32.1. The fraction of sp³-hybridized carbons (Fsp3) is 0.393. The third-order valence-corrected chi connectivity index (χ3v) is 8.07. The number of rotatable bonds is 8. The lowest BCUT2D eigenvalue weighted by Crippen LogP contribution is -2.61. The van der Waals surface area contributed by atoms with Gasteiger partial charge in [0.1, 0.15) is 12.4 Å². The van der Waals surface area contributed by atoms with Crippen molar-refractivity contribution in [1.82, 2.24) is 10.2 Å². The predicted molar refractivity (Wildman–Crippen MR) is 139 cm³/mol. The zero-order valence-electron chi connectivity index (χ0n) is 20.4. The van der Waals surface area contributed by atoms with Gasteiger partial charge in [0.2, 0.25) is 5.91 Å². The van der Waals surface area contributed by atoms with E-state index in [0.29, 0.717) is 44.8 Å². The van der Waals surface area contributed by atoms with E-state index in [2.05, 4.69) is 15.1 Å². The second-order valence-electron chi connectivity index (χ2n) is 9.50. The highest BCUT2D eigenvalue weighted by Gasteiger charge is 2.42. The average molecular weight is 530 g/mol. The van der Waals surface area contributed by atoms with E-state index >= 15 is 0 Å². The third kappa shape index (κ3) is 6.10. The molecule has 1 aromatic heterocycles. The van der Waals surface area contributed by atoms with Crippen LogP contribution in [0.15, 0.2) is 66.0 Å². The number of nitrogens with zero attached hydrogens (tertiary/aromatic N) is 2. The quantitative estimate of drug-likeness (QED) is 0.453. The van der Waals surface area contributed by atoms with E-state index in [0.717, 1.165) is 30.5 Å². The fourth-order valence-corrected chi connectivity index (χ4v) is 5.98. The van der Waals surface area contributed by atoms with E-state index < -0.39 is 17.7 Å². The molecule has 1 fully saturated rings. The molecule has 5 nitrogen and oxygen atoms in total. The Bertz CT molecular complexity index is 1190. The number of carbonyl (C=O) groups excluding carboxylic acids is 1. The van der Waals surface area contributed by atoms with Crippen LogP contribution >= 0.6 is 11.3 Å². The van der Waals surface area contributed by atoms with E-state index in [1.807, 2.05) is 47.8 Å². The maximum Gasteiger partial charge on any atom is 0.416 e. The molecule has 1 amide bonds. The number of hydrogen-bond donors (Lipinski definition) is 1. The minimum absolute atomic E-state index is 0.1000. The number of alkyl halides is 3. The lowest BCUT2D eigenvalue weighted by Gasteiger charge is -2.49. The fourth-order valence-electron chi connectivity index (χ4n) is 5.27. The summed E-state index contributed by atoms with van der Waals surface area (Å²) in [5, 5.41) is 5.06. The molecule has 0 spiro atoms. The number of nitrogens with one attached hydrogen (secondary N) is 1. The molecule has 9 heteroatoms. The van der Waals surface area contributed by atoms with Crippen LogP contribution in [0.2, 0.25) is 0 Å². The SMILES string of the molecule is O=C(NCCc1cccs1)[C@@H]1Cc2cc(C(F)(F)F)ccc2N2CCN(CCOc3ccccc3)C[C@@H]12. The van der Waals surface area contributed by atoms with E-state index in [-0.39, 0.29) is 11.9 Å². The molecule has 196 valence electrons. The van der Waals surface area contributed by atoms with Gasteiger partial charge in [0.25, 0.3) is 0 Å². The molecule has 0 saturated carbocycles. The number of hydrogen-bond acceptors (Lipinski definition) is 5. The number of para-hydroxylation sites is 1. The topological polar surface area (TPSA) is 44.8 Å². The molecule has 37 heavy (non-hydrogen) atoms. The van der Waals surface area contributed by atoms with Crippen LogP contribution in [-0.2, 0) is 23.8 Å².